The van der Waals surface area contributed by atoms with Crippen LogP contribution in [0.4, 0.5) is 10.1 Å². The minimum Gasteiger partial charge on any atom is -0.377 e. The minimum atomic E-state index is -3.23. The molecule has 0 spiro atoms. The summed E-state index contributed by atoms with van der Waals surface area (Å²) >= 11 is 0. The number of halogens is 1. The number of aryl methyl sites for hydroxylation is 1. The maximum Gasteiger partial charge on any atom is 0.181 e. The molecule has 104 valence electrons. The normalized spacial score (nSPS) is 19.6. The molecule has 0 fully saturated rings. The minimum absolute atomic E-state index is 0.0305. The summed E-state index contributed by atoms with van der Waals surface area (Å²) in [6.45, 7) is 1.68. The van der Waals surface area contributed by atoms with Crippen LogP contribution in [0.25, 0.3) is 0 Å². The molecule has 0 aromatic heterocycles. The van der Waals surface area contributed by atoms with E-state index in [-0.39, 0.29) is 17.6 Å². The fourth-order valence-electron chi connectivity index (χ4n) is 2.51. The van der Waals surface area contributed by atoms with Crippen LogP contribution in [0.1, 0.15) is 17.2 Å². The molecule has 0 saturated heterocycles. The molecule has 3 rings (SSSR count). The van der Waals surface area contributed by atoms with Gasteiger partial charge < -0.3 is 5.32 Å². The number of anilines is 1. The molecular formula is C15H14FNO2S. The average Bonchev–Trinajstić information content (AvgIpc) is 2.66. The van der Waals surface area contributed by atoms with Gasteiger partial charge in [0.2, 0.25) is 0 Å². The summed E-state index contributed by atoms with van der Waals surface area (Å²) in [4.78, 5) is 0.385. The van der Waals surface area contributed by atoms with Gasteiger partial charge in [0.25, 0.3) is 0 Å². The molecule has 3 nitrogen and oxygen atoms in total. The average molecular weight is 291 g/mol. The zero-order chi connectivity index (χ0) is 14.3. The number of nitrogens with one attached hydrogen (secondary N) is 1. The predicted octanol–water partition coefficient (Wildman–Crippen LogP) is 3.07. The van der Waals surface area contributed by atoms with Crippen molar-refractivity contribution in [2.24, 2.45) is 0 Å². The van der Waals surface area contributed by atoms with E-state index in [1.165, 1.54) is 6.07 Å². The first-order chi connectivity index (χ1) is 9.47. The quantitative estimate of drug-likeness (QED) is 0.925. The number of hydrogen-bond acceptors (Lipinski definition) is 3. The number of rotatable bonds is 2. The Labute approximate surface area is 117 Å². The summed E-state index contributed by atoms with van der Waals surface area (Å²) in [5.74, 6) is -0.238. The van der Waals surface area contributed by atoms with Crippen LogP contribution in [0.2, 0.25) is 0 Å². The first-order valence-corrected chi connectivity index (χ1v) is 7.97. The summed E-state index contributed by atoms with van der Waals surface area (Å²) in [7, 11) is -3.23. The summed E-state index contributed by atoms with van der Waals surface area (Å²) in [6, 6.07) is 11.4. The lowest BCUT2D eigenvalue weighted by Crippen LogP contribution is -2.13. The van der Waals surface area contributed by atoms with Gasteiger partial charge in [0.1, 0.15) is 5.82 Å². The van der Waals surface area contributed by atoms with E-state index in [0.717, 1.165) is 11.3 Å². The van der Waals surface area contributed by atoms with E-state index in [1.54, 1.807) is 31.2 Å². The molecule has 2 aromatic rings. The van der Waals surface area contributed by atoms with E-state index in [1.807, 2.05) is 12.1 Å². The molecule has 5 heteroatoms. The van der Waals surface area contributed by atoms with Gasteiger partial charge in [-0.1, -0.05) is 18.2 Å². The lowest BCUT2D eigenvalue weighted by atomic mass is 10.1. The Bertz CT molecular complexity index is 771. The molecular weight excluding hydrogens is 277 g/mol. The van der Waals surface area contributed by atoms with Crippen molar-refractivity contribution in [2.75, 3.05) is 11.1 Å². The number of sulfone groups is 1. The lowest BCUT2D eigenvalue weighted by Gasteiger charge is -2.14. The van der Waals surface area contributed by atoms with Crippen molar-refractivity contribution in [2.45, 2.75) is 17.9 Å². The molecule has 1 heterocycles. The van der Waals surface area contributed by atoms with Crippen LogP contribution in [0.3, 0.4) is 0 Å². The highest BCUT2D eigenvalue weighted by molar-refractivity contribution is 7.91. The van der Waals surface area contributed by atoms with Gasteiger partial charge in [0.05, 0.1) is 16.7 Å². The van der Waals surface area contributed by atoms with Gasteiger partial charge in [0.15, 0.2) is 9.84 Å². The fourth-order valence-corrected chi connectivity index (χ4v) is 4.24. The Kier molecular flexibility index (Phi) is 3.01. The molecule has 0 amide bonds. The summed E-state index contributed by atoms with van der Waals surface area (Å²) in [5.41, 5.74) is 2.03. The van der Waals surface area contributed by atoms with Crippen LogP contribution < -0.4 is 5.32 Å². The molecule has 1 N–H and O–H groups in total. The molecule has 0 bridgehead atoms. The summed E-state index contributed by atoms with van der Waals surface area (Å²) < 4.78 is 37.4. The first kappa shape index (κ1) is 13.1. The van der Waals surface area contributed by atoms with Crippen molar-refractivity contribution in [3.05, 3.63) is 59.4 Å². The first-order valence-electron chi connectivity index (χ1n) is 6.32. The van der Waals surface area contributed by atoms with Gasteiger partial charge >= 0.3 is 0 Å². The largest absolute Gasteiger partial charge is 0.377 e. The van der Waals surface area contributed by atoms with E-state index in [9.17, 15) is 12.8 Å². The maximum atomic E-state index is 13.3. The van der Waals surface area contributed by atoms with E-state index >= 15 is 0 Å². The van der Waals surface area contributed by atoms with Crippen LogP contribution in [0, 0.1) is 12.7 Å². The van der Waals surface area contributed by atoms with Gasteiger partial charge in [-0.3, -0.25) is 0 Å². The molecule has 1 unspecified atom stereocenters. The molecule has 20 heavy (non-hydrogen) atoms. The SMILES string of the molecule is Cc1cc(NC2CS(=O)(=O)c3ccccc32)ccc1F. The number of benzene rings is 2. The molecule has 0 saturated carbocycles. The Morgan fingerprint density at radius 3 is 2.70 bits per heavy atom. The molecule has 1 aliphatic heterocycles. The Hall–Kier alpha value is -1.88. The van der Waals surface area contributed by atoms with Crippen LogP contribution in [0.15, 0.2) is 47.4 Å². The Morgan fingerprint density at radius 2 is 1.95 bits per heavy atom. The van der Waals surface area contributed by atoms with E-state index < -0.39 is 9.84 Å². The van der Waals surface area contributed by atoms with E-state index in [0.29, 0.717) is 10.5 Å². The Balaban J connectivity index is 1.95. The van der Waals surface area contributed by atoms with Crippen LogP contribution >= 0.6 is 0 Å². The highest BCUT2D eigenvalue weighted by Gasteiger charge is 2.34. The molecule has 1 atom stereocenters. The smallest absolute Gasteiger partial charge is 0.181 e. The van der Waals surface area contributed by atoms with Crippen LogP contribution in [-0.4, -0.2) is 14.2 Å². The third-order valence-corrected chi connectivity index (χ3v) is 5.33. The maximum absolute atomic E-state index is 13.3. The Morgan fingerprint density at radius 1 is 1.20 bits per heavy atom. The summed E-state index contributed by atoms with van der Waals surface area (Å²) in [6.07, 6.45) is 0. The standard InChI is InChI=1S/C15H14FNO2S/c1-10-8-11(6-7-13(10)16)17-14-9-20(18,19)15-5-3-2-4-12(14)15/h2-8,14,17H,9H2,1H3. The van der Waals surface area contributed by atoms with Gasteiger partial charge in [0, 0.05) is 5.69 Å². The zero-order valence-electron chi connectivity index (χ0n) is 10.9. The van der Waals surface area contributed by atoms with Gasteiger partial charge in [-0.15, -0.1) is 0 Å². The van der Waals surface area contributed by atoms with Crippen LogP contribution in [-0.2, 0) is 9.84 Å². The van der Waals surface area contributed by atoms with Crippen molar-refractivity contribution < 1.29 is 12.8 Å². The monoisotopic (exact) mass is 291 g/mol. The lowest BCUT2D eigenvalue weighted by molar-refractivity contribution is 0.598. The number of fused-ring (bicyclic) bond motifs is 1. The molecule has 1 aliphatic rings. The van der Waals surface area contributed by atoms with Gasteiger partial charge in [-0.05, 0) is 42.3 Å². The molecule has 2 aromatic carbocycles. The fraction of sp³-hybridized carbons (Fsp3) is 0.200. The van der Waals surface area contributed by atoms with Crippen LogP contribution in [0.5, 0.6) is 0 Å². The topological polar surface area (TPSA) is 46.2 Å². The second-order valence-corrected chi connectivity index (χ2v) is 6.98. The van der Waals surface area contributed by atoms with Crippen molar-refractivity contribution >= 4 is 15.5 Å². The third-order valence-electron chi connectivity index (χ3n) is 3.51. The van der Waals surface area contributed by atoms with E-state index in [4.69, 9.17) is 0 Å². The number of hydrogen-bond donors (Lipinski definition) is 1. The molecule has 0 aliphatic carbocycles. The third kappa shape index (κ3) is 2.18. The van der Waals surface area contributed by atoms with E-state index in [2.05, 4.69) is 5.32 Å². The summed E-state index contributed by atoms with van der Waals surface area (Å²) in [5, 5.41) is 3.17. The van der Waals surface area contributed by atoms with Crippen molar-refractivity contribution in [1.29, 1.82) is 0 Å². The second kappa shape index (κ2) is 4.59. The highest BCUT2D eigenvalue weighted by atomic mass is 32.2. The van der Waals surface area contributed by atoms with Crippen molar-refractivity contribution in [1.82, 2.24) is 0 Å². The van der Waals surface area contributed by atoms with Crippen molar-refractivity contribution in [3.63, 3.8) is 0 Å². The highest BCUT2D eigenvalue weighted by Crippen LogP contribution is 2.35. The zero-order valence-corrected chi connectivity index (χ0v) is 11.7. The molecule has 0 radical (unpaired) electrons. The van der Waals surface area contributed by atoms with Gasteiger partial charge in [-0.25, -0.2) is 12.8 Å². The van der Waals surface area contributed by atoms with Gasteiger partial charge in [-0.2, -0.15) is 0 Å². The predicted molar refractivity (Wildman–Crippen MR) is 76.0 cm³/mol. The van der Waals surface area contributed by atoms with Crippen molar-refractivity contribution in [3.8, 4) is 0 Å². The second-order valence-electron chi connectivity index (χ2n) is 4.98.